The third kappa shape index (κ3) is 3.69. The Bertz CT molecular complexity index is 547. The zero-order valence-corrected chi connectivity index (χ0v) is 12.6. The summed E-state index contributed by atoms with van der Waals surface area (Å²) in [4.78, 5) is 33.7. The molecule has 1 N–H and O–H groups in total. The number of aryl methyl sites for hydroxylation is 1. The minimum absolute atomic E-state index is 0.0277. The van der Waals surface area contributed by atoms with Gasteiger partial charge in [-0.15, -0.1) is 6.58 Å². The number of carboxylic acids is 1. The molecular weight excluding hydrogens is 282 g/mol. The molecule has 1 aliphatic rings. The Balaban J connectivity index is 1.97. The number of amides is 1. The van der Waals surface area contributed by atoms with E-state index in [0.29, 0.717) is 38.6 Å². The van der Waals surface area contributed by atoms with Crippen LogP contribution < -0.4 is 0 Å². The summed E-state index contributed by atoms with van der Waals surface area (Å²) in [6.07, 6.45) is 8.97. The number of piperidine rings is 1. The standard InChI is InChI=1S/C16H21N3O3/c1-2-6-16(15(21)22)7-3-10-19(12-16)14(20)5-4-13-11-17-8-9-18-13/h2,8-9,11H,1,3-7,10,12H2,(H,21,22)/t16-/m0/s1. The van der Waals surface area contributed by atoms with E-state index in [1.807, 2.05) is 0 Å². The average Bonchev–Trinajstić information content (AvgIpc) is 2.54. The van der Waals surface area contributed by atoms with E-state index in [1.54, 1.807) is 29.6 Å². The van der Waals surface area contributed by atoms with E-state index in [0.717, 1.165) is 5.69 Å². The summed E-state index contributed by atoms with van der Waals surface area (Å²) in [5, 5.41) is 9.52. The molecule has 1 atom stereocenters. The van der Waals surface area contributed by atoms with Crippen molar-refractivity contribution in [3.8, 4) is 0 Å². The lowest BCUT2D eigenvalue weighted by atomic mass is 9.77. The van der Waals surface area contributed by atoms with Gasteiger partial charge in [-0.1, -0.05) is 6.08 Å². The molecule has 22 heavy (non-hydrogen) atoms. The van der Waals surface area contributed by atoms with Gasteiger partial charge in [-0.3, -0.25) is 19.6 Å². The van der Waals surface area contributed by atoms with E-state index in [4.69, 9.17) is 0 Å². The Morgan fingerprint density at radius 3 is 2.91 bits per heavy atom. The molecule has 1 fully saturated rings. The van der Waals surface area contributed by atoms with E-state index >= 15 is 0 Å². The van der Waals surface area contributed by atoms with Gasteiger partial charge in [0.25, 0.3) is 0 Å². The fraction of sp³-hybridized carbons (Fsp3) is 0.500. The van der Waals surface area contributed by atoms with Gasteiger partial charge in [-0.2, -0.15) is 0 Å². The number of carbonyl (C=O) groups excluding carboxylic acids is 1. The summed E-state index contributed by atoms with van der Waals surface area (Å²) in [6.45, 7) is 4.52. The number of hydrogen-bond acceptors (Lipinski definition) is 4. The zero-order valence-electron chi connectivity index (χ0n) is 12.6. The topological polar surface area (TPSA) is 83.4 Å². The molecule has 0 unspecified atom stereocenters. The Morgan fingerprint density at radius 1 is 1.45 bits per heavy atom. The summed E-state index contributed by atoms with van der Waals surface area (Å²) in [5.41, 5.74) is -0.120. The third-order valence-corrected chi connectivity index (χ3v) is 4.13. The number of allylic oxidation sites excluding steroid dienone is 1. The first-order chi connectivity index (χ1) is 10.6. The second-order valence-corrected chi connectivity index (χ2v) is 5.69. The van der Waals surface area contributed by atoms with E-state index in [9.17, 15) is 14.7 Å². The maximum atomic E-state index is 12.3. The third-order valence-electron chi connectivity index (χ3n) is 4.13. The van der Waals surface area contributed by atoms with Crippen LogP contribution in [0.5, 0.6) is 0 Å². The lowest BCUT2D eigenvalue weighted by Crippen LogP contribution is -2.49. The van der Waals surface area contributed by atoms with E-state index < -0.39 is 11.4 Å². The molecule has 0 saturated carbocycles. The lowest BCUT2D eigenvalue weighted by molar-refractivity contribution is -0.154. The molecule has 6 heteroatoms. The Hall–Kier alpha value is -2.24. The quantitative estimate of drug-likeness (QED) is 0.808. The van der Waals surface area contributed by atoms with Crippen LogP contribution in [0, 0.1) is 5.41 Å². The average molecular weight is 303 g/mol. The Morgan fingerprint density at radius 2 is 2.27 bits per heavy atom. The maximum Gasteiger partial charge on any atom is 0.311 e. The van der Waals surface area contributed by atoms with Crippen LogP contribution in [-0.2, 0) is 16.0 Å². The summed E-state index contributed by atoms with van der Waals surface area (Å²) in [6, 6.07) is 0. The van der Waals surface area contributed by atoms with Gasteiger partial charge in [0.1, 0.15) is 0 Å². The van der Waals surface area contributed by atoms with Crippen molar-refractivity contribution in [3.05, 3.63) is 36.9 Å². The molecule has 6 nitrogen and oxygen atoms in total. The van der Waals surface area contributed by atoms with Gasteiger partial charge >= 0.3 is 5.97 Å². The van der Waals surface area contributed by atoms with Crippen molar-refractivity contribution >= 4 is 11.9 Å². The number of aliphatic carboxylic acids is 1. The van der Waals surface area contributed by atoms with Crippen molar-refractivity contribution in [1.82, 2.24) is 14.9 Å². The van der Waals surface area contributed by atoms with Crippen LogP contribution in [0.3, 0.4) is 0 Å². The SMILES string of the molecule is C=CC[C@]1(C(=O)O)CCCN(C(=O)CCc2cnccn2)C1. The summed E-state index contributed by atoms with van der Waals surface area (Å²) >= 11 is 0. The van der Waals surface area contributed by atoms with Crippen molar-refractivity contribution in [2.24, 2.45) is 5.41 Å². The molecule has 1 amide bonds. The number of carbonyl (C=O) groups is 2. The van der Waals surface area contributed by atoms with Crippen molar-refractivity contribution in [1.29, 1.82) is 0 Å². The molecule has 0 aliphatic carbocycles. The molecule has 0 aromatic carbocycles. The van der Waals surface area contributed by atoms with Crippen LogP contribution in [0.2, 0.25) is 0 Å². The van der Waals surface area contributed by atoms with Crippen LogP contribution >= 0.6 is 0 Å². The maximum absolute atomic E-state index is 12.3. The van der Waals surface area contributed by atoms with Crippen molar-refractivity contribution in [2.45, 2.75) is 32.1 Å². The molecule has 2 rings (SSSR count). The smallest absolute Gasteiger partial charge is 0.311 e. The van der Waals surface area contributed by atoms with Gasteiger partial charge in [0.2, 0.25) is 5.91 Å². The summed E-state index contributed by atoms with van der Waals surface area (Å²) in [5.74, 6) is -0.876. The number of hydrogen-bond donors (Lipinski definition) is 1. The van der Waals surface area contributed by atoms with E-state index in [1.165, 1.54) is 0 Å². The minimum atomic E-state index is -0.887. The monoisotopic (exact) mass is 303 g/mol. The van der Waals surface area contributed by atoms with Crippen molar-refractivity contribution in [3.63, 3.8) is 0 Å². The number of nitrogens with zero attached hydrogens (tertiary/aromatic N) is 3. The van der Waals surface area contributed by atoms with Crippen LogP contribution in [0.4, 0.5) is 0 Å². The van der Waals surface area contributed by atoms with Crippen LogP contribution in [0.1, 0.15) is 31.4 Å². The van der Waals surface area contributed by atoms with E-state index in [2.05, 4.69) is 16.5 Å². The predicted molar refractivity (Wildman–Crippen MR) is 81.0 cm³/mol. The highest BCUT2D eigenvalue weighted by Gasteiger charge is 2.42. The fourth-order valence-corrected chi connectivity index (χ4v) is 2.90. The number of likely N-dealkylation sites (tertiary alicyclic amines) is 1. The molecule has 1 aromatic rings. The molecular formula is C16H21N3O3. The Kier molecular flexibility index (Phi) is 5.25. The van der Waals surface area contributed by atoms with Crippen LogP contribution in [0.15, 0.2) is 31.2 Å². The minimum Gasteiger partial charge on any atom is -0.481 e. The molecule has 0 radical (unpaired) electrons. The molecule has 2 heterocycles. The molecule has 118 valence electrons. The highest BCUT2D eigenvalue weighted by Crippen LogP contribution is 2.34. The van der Waals surface area contributed by atoms with Gasteiger partial charge in [0.15, 0.2) is 0 Å². The largest absolute Gasteiger partial charge is 0.481 e. The van der Waals surface area contributed by atoms with Gasteiger partial charge in [0, 0.05) is 38.1 Å². The molecule has 1 aliphatic heterocycles. The predicted octanol–water partition coefficient (Wildman–Crippen LogP) is 1.68. The zero-order chi connectivity index (χ0) is 16.0. The first kappa shape index (κ1) is 16.1. The van der Waals surface area contributed by atoms with Crippen LogP contribution in [-0.4, -0.2) is 44.9 Å². The molecule has 0 spiro atoms. The molecule has 1 aromatic heterocycles. The Labute approximate surface area is 129 Å². The van der Waals surface area contributed by atoms with Gasteiger partial charge < -0.3 is 10.0 Å². The fourth-order valence-electron chi connectivity index (χ4n) is 2.90. The van der Waals surface area contributed by atoms with Crippen molar-refractivity contribution < 1.29 is 14.7 Å². The summed E-state index contributed by atoms with van der Waals surface area (Å²) in [7, 11) is 0. The van der Waals surface area contributed by atoms with Gasteiger partial charge in [0.05, 0.1) is 11.1 Å². The first-order valence-corrected chi connectivity index (χ1v) is 7.44. The lowest BCUT2D eigenvalue weighted by Gasteiger charge is -2.39. The number of rotatable bonds is 6. The van der Waals surface area contributed by atoms with Gasteiger partial charge in [-0.25, -0.2) is 0 Å². The number of carboxylic acid groups (broad SMARTS) is 1. The molecule has 1 saturated heterocycles. The molecule has 0 bridgehead atoms. The van der Waals surface area contributed by atoms with Gasteiger partial charge in [-0.05, 0) is 25.7 Å². The highest BCUT2D eigenvalue weighted by atomic mass is 16.4. The van der Waals surface area contributed by atoms with Crippen LogP contribution in [0.25, 0.3) is 0 Å². The van der Waals surface area contributed by atoms with Crippen molar-refractivity contribution in [2.75, 3.05) is 13.1 Å². The number of aromatic nitrogens is 2. The highest BCUT2D eigenvalue weighted by molar-refractivity contribution is 5.80. The summed E-state index contributed by atoms with van der Waals surface area (Å²) < 4.78 is 0. The second-order valence-electron chi connectivity index (χ2n) is 5.69. The second kappa shape index (κ2) is 7.15. The van der Waals surface area contributed by atoms with E-state index in [-0.39, 0.29) is 12.5 Å². The first-order valence-electron chi connectivity index (χ1n) is 7.44. The normalized spacial score (nSPS) is 21.4.